The fraction of sp³-hybridized carbons (Fsp3) is 1.00. The average molecular weight is 295 g/mol. The molecular formula is C21H42. The topological polar surface area (TPSA) is 0 Å². The third-order valence-corrected chi connectivity index (χ3v) is 6.00. The van der Waals surface area contributed by atoms with E-state index in [-0.39, 0.29) is 0 Å². The van der Waals surface area contributed by atoms with Gasteiger partial charge in [0.15, 0.2) is 0 Å². The Morgan fingerprint density at radius 1 is 0.857 bits per heavy atom. The van der Waals surface area contributed by atoms with Crippen molar-refractivity contribution >= 4 is 0 Å². The summed E-state index contributed by atoms with van der Waals surface area (Å²) in [7, 11) is 0. The van der Waals surface area contributed by atoms with E-state index in [0.717, 1.165) is 35.5 Å². The lowest BCUT2D eigenvalue weighted by Gasteiger charge is -2.17. The van der Waals surface area contributed by atoms with Gasteiger partial charge in [-0.05, 0) is 54.8 Å². The van der Waals surface area contributed by atoms with Crippen molar-refractivity contribution in [2.45, 2.75) is 99.3 Å². The summed E-state index contributed by atoms with van der Waals surface area (Å²) in [4.78, 5) is 0. The molecule has 1 saturated carbocycles. The molecule has 1 rings (SSSR count). The van der Waals surface area contributed by atoms with Crippen LogP contribution < -0.4 is 0 Å². The molecule has 1 aliphatic carbocycles. The number of hydrogen-bond acceptors (Lipinski definition) is 0. The van der Waals surface area contributed by atoms with Crippen LogP contribution in [-0.4, -0.2) is 0 Å². The van der Waals surface area contributed by atoms with E-state index in [9.17, 15) is 0 Å². The second kappa shape index (κ2) is 9.90. The smallest absolute Gasteiger partial charge is 0.0380 e. The van der Waals surface area contributed by atoms with Gasteiger partial charge in [-0.1, -0.05) is 80.1 Å². The lowest BCUT2D eigenvalue weighted by atomic mass is 9.89. The molecule has 0 radical (unpaired) electrons. The van der Waals surface area contributed by atoms with E-state index < -0.39 is 0 Å². The Kier molecular flexibility index (Phi) is 8.98. The Morgan fingerprint density at radius 3 is 2.19 bits per heavy atom. The largest absolute Gasteiger partial charge is 0.0651 e. The number of unbranched alkanes of at least 4 members (excludes halogenated alkanes) is 2. The lowest BCUT2D eigenvalue weighted by molar-refractivity contribution is 0.341. The fourth-order valence-corrected chi connectivity index (χ4v) is 4.11. The van der Waals surface area contributed by atoms with Crippen molar-refractivity contribution in [1.82, 2.24) is 0 Å². The zero-order chi connectivity index (χ0) is 15.8. The summed E-state index contributed by atoms with van der Waals surface area (Å²) >= 11 is 0. The van der Waals surface area contributed by atoms with E-state index >= 15 is 0 Å². The summed E-state index contributed by atoms with van der Waals surface area (Å²) in [5, 5.41) is 0. The third kappa shape index (κ3) is 8.27. The fourth-order valence-electron chi connectivity index (χ4n) is 4.11. The second-order valence-electron chi connectivity index (χ2n) is 8.73. The molecule has 5 unspecified atom stereocenters. The zero-order valence-corrected chi connectivity index (χ0v) is 15.8. The third-order valence-electron chi connectivity index (χ3n) is 6.00. The minimum atomic E-state index is 0.879. The van der Waals surface area contributed by atoms with Gasteiger partial charge < -0.3 is 0 Å². The quantitative estimate of drug-likeness (QED) is 0.331. The molecule has 0 aromatic heterocycles. The molecular weight excluding hydrogens is 252 g/mol. The predicted octanol–water partition coefficient (Wildman–Crippen LogP) is 7.33. The highest BCUT2D eigenvalue weighted by atomic mass is 14.4. The van der Waals surface area contributed by atoms with Crippen LogP contribution in [0.4, 0.5) is 0 Å². The molecule has 0 nitrogen and oxygen atoms in total. The summed E-state index contributed by atoms with van der Waals surface area (Å²) in [6.45, 7) is 14.4. The van der Waals surface area contributed by atoms with E-state index in [1.807, 2.05) is 0 Å². The highest BCUT2D eigenvalue weighted by Crippen LogP contribution is 2.47. The lowest BCUT2D eigenvalue weighted by Crippen LogP contribution is -2.06. The highest BCUT2D eigenvalue weighted by Gasteiger charge is 2.36. The van der Waals surface area contributed by atoms with Crippen molar-refractivity contribution in [2.24, 2.45) is 35.5 Å². The first-order valence-corrected chi connectivity index (χ1v) is 9.93. The Labute approximate surface area is 135 Å². The maximum absolute atomic E-state index is 2.46. The molecule has 0 N–H and O–H groups in total. The summed E-state index contributed by atoms with van der Waals surface area (Å²) in [6, 6.07) is 0. The van der Waals surface area contributed by atoms with Gasteiger partial charge in [0.2, 0.25) is 0 Å². The molecule has 126 valence electrons. The minimum Gasteiger partial charge on any atom is -0.0651 e. The van der Waals surface area contributed by atoms with E-state index in [1.165, 1.54) is 51.4 Å². The molecule has 0 aromatic rings. The van der Waals surface area contributed by atoms with Crippen molar-refractivity contribution < 1.29 is 0 Å². The van der Waals surface area contributed by atoms with Gasteiger partial charge in [0.05, 0.1) is 0 Å². The van der Waals surface area contributed by atoms with E-state index in [2.05, 4.69) is 41.5 Å². The molecule has 21 heavy (non-hydrogen) atoms. The molecule has 0 aromatic carbocycles. The van der Waals surface area contributed by atoms with Gasteiger partial charge in [-0.15, -0.1) is 0 Å². The average Bonchev–Trinajstić information content (AvgIpc) is 3.14. The highest BCUT2D eigenvalue weighted by molar-refractivity contribution is 4.87. The predicted molar refractivity (Wildman–Crippen MR) is 96.5 cm³/mol. The van der Waals surface area contributed by atoms with E-state index in [4.69, 9.17) is 0 Å². The summed E-state index contributed by atoms with van der Waals surface area (Å²) in [6.07, 6.45) is 13.2. The molecule has 0 heteroatoms. The molecule has 0 bridgehead atoms. The molecule has 0 amide bonds. The SMILES string of the molecule is CCC(C)C(C)CCCCCC1CC1CC(C)CC(C)C. The van der Waals surface area contributed by atoms with Crippen LogP contribution in [0.15, 0.2) is 0 Å². The first kappa shape index (κ1) is 19.0. The van der Waals surface area contributed by atoms with Crippen LogP contribution in [0.5, 0.6) is 0 Å². The van der Waals surface area contributed by atoms with Crippen molar-refractivity contribution in [3.05, 3.63) is 0 Å². The maximum atomic E-state index is 2.46. The Balaban J connectivity index is 1.96. The van der Waals surface area contributed by atoms with Crippen LogP contribution in [0.25, 0.3) is 0 Å². The Bertz CT molecular complexity index is 255. The van der Waals surface area contributed by atoms with Crippen molar-refractivity contribution in [1.29, 1.82) is 0 Å². The standard InChI is InChI=1S/C21H42/c1-7-18(5)19(6)11-9-8-10-12-20-15-21(20)14-17(4)13-16(2)3/h16-21H,7-15H2,1-6H3. The van der Waals surface area contributed by atoms with Crippen LogP contribution in [0.2, 0.25) is 0 Å². The molecule has 0 heterocycles. The maximum Gasteiger partial charge on any atom is -0.0380 e. The number of rotatable bonds is 12. The molecule has 0 spiro atoms. The normalized spacial score (nSPS) is 25.9. The molecule has 1 aliphatic rings. The van der Waals surface area contributed by atoms with Crippen LogP contribution in [0.3, 0.4) is 0 Å². The second-order valence-corrected chi connectivity index (χ2v) is 8.73. The first-order valence-electron chi connectivity index (χ1n) is 9.93. The summed E-state index contributed by atoms with van der Waals surface area (Å²) in [5.41, 5.74) is 0. The minimum absolute atomic E-state index is 0.879. The van der Waals surface area contributed by atoms with Crippen LogP contribution in [-0.2, 0) is 0 Å². The summed E-state index contributed by atoms with van der Waals surface area (Å²) < 4.78 is 0. The van der Waals surface area contributed by atoms with Gasteiger partial charge in [0.1, 0.15) is 0 Å². The van der Waals surface area contributed by atoms with Crippen molar-refractivity contribution in [3.8, 4) is 0 Å². The first-order chi connectivity index (χ1) is 9.93. The Morgan fingerprint density at radius 2 is 1.57 bits per heavy atom. The van der Waals surface area contributed by atoms with Crippen molar-refractivity contribution in [2.75, 3.05) is 0 Å². The molecule has 5 atom stereocenters. The van der Waals surface area contributed by atoms with E-state index in [0.29, 0.717) is 0 Å². The molecule has 0 aliphatic heterocycles. The Hall–Kier alpha value is 0. The van der Waals surface area contributed by atoms with Crippen LogP contribution in [0, 0.1) is 35.5 Å². The van der Waals surface area contributed by atoms with Crippen LogP contribution in [0.1, 0.15) is 99.3 Å². The number of hydrogen-bond donors (Lipinski definition) is 0. The van der Waals surface area contributed by atoms with Crippen LogP contribution >= 0.6 is 0 Å². The van der Waals surface area contributed by atoms with Gasteiger partial charge in [-0.2, -0.15) is 0 Å². The van der Waals surface area contributed by atoms with E-state index in [1.54, 1.807) is 6.42 Å². The van der Waals surface area contributed by atoms with Gasteiger partial charge in [-0.25, -0.2) is 0 Å². The monoisotopic (exact) mass is 294 g/mol. The zero-order valence-electron chi connectivity index (χ0n) is 15.8. The van der Waals surface area contributed by atoms with Gasteiger partial charge >= 0.3 is 0 Å². The van der Waals surface area contributed by atoms with Crippen molar-refractivity contribution in [3.63, 3.8) is 0 Å². The summed E-state index contributed by atoms with van der Waals surface area (Å²) in [5.74, 6) is 5.88. The van der Waals surface area contributed by atoms with Gasteiger partial charge in [0, 0.05) is 0 Å². The molecule has 0 saturated heterocycles. The van der Waals surface area contributed by atoms with Gasteiger partial charge in [-0.3, -0.25) is 0 Å². The molecule has 1 fully saturated rings. The van der Waals surface area contributed by atoms with Gasteiger partial charge in [0.25, 0.3) is 0 Å².